The summed E-state index contributed by atoms with van der Waals surface area (Å²) in [5.41, 5.74) is 4.23. The van der Waals surface area contributed by atoms with Gasteiger partial charge in [0.1, 0.15) is 0 Å². The van der Waals surface area contributed by atoms with Crippen molar-refractivity contribution in [3.05, 3.63) is 66.0 Å². The number of hydrogen-bond donors (Lipinski definition) is 1. The number of hydrogen-bond acceptors (Lipinski definition) is 2. The van der Waals surface area contributed by atoms with E-state index < -0.39 is 0 Å². The molecule has 3 aromatic rings. The van der Waals surface area contributed by atoms with Crippen LogP contribution in [0.3, 0.4) is 0 Å². The molecule has 4 nitrogen and oxygen atoms in total. The van der Waals surface area contributed by atoms with Gasteiger partial charge in [-0.2, -0.15) is 0 Å². The normalized spacial score (nSPS) is 11.4. The van der Waals surface area contributed by atoms with E-state index in [1.165, 1.54) is 5.56 Å². The molecule has 0 aliphatic rings. The smallest absolute Gasteiger partial charge is 0.268 e. The van der Waals surface area contributed by atoms with Crippen molar-refractivity contribution in [2.45, 2.75) is 6.92 Å². The van der Waals surface area contributed by atoms with Gasteiger partial charge < -0.3 is 0 Å². The zero-order chi connectivity index (χ0) is 13.2. The van der Waals surface area contributed by atoms with Crippen LogP contribution in [0.15, 0.2) is 60.0 Å². The Morgan fingerprint density at radius 3 is 2.63 bits per heavy atom. The maximum atomic E-state index is 5.89. The molecule has 4 heteroatoms. The molecule has 0 atom stereocenters. The number of imidazole rings is 1. The van der Waals surface area contributed by atoms with Gasteiger partial charge >= 0.3 is 0 Å². The van der Waals surface area contributed by atoms with Crippen LogP contribution in [0.4, 0.5) is 0 Å². The fourth-order valence-electron chi connectivity index (χ4n) is 1.99. The Kier molecular flexibility index (Phi) is 2.76. The Labute approximate surface area is 111 Å². The number of aromatic nitrogens is 2. The molecule has 0 spiro atoms. The highest BCUT2D eigenvalue weighted by atomic mass is 15.4. The Hall–Kier alpha value is -2.62. The van der Waals surface area contributed by atoms with Gasteiger partial charge in [-0.15, -0.1) is 4.68 Å². The first-order valence-electron chi connectivity index (χ1n) is 6.12. The van der Waals surface area contributed by atoms with Gasteiger partial charge in [0, 0.05) is 0 Å². The third kappa shape index (κ3) is 2.20. The predicted molar refractivity (Wildman–Crippen MR) is 76.5 cm³/mol. The lowest BCUT2D eigenvalue weighted by Gasteiger charge is -1.92. The number of para-hydroxylation sites is 2. The molecule has 0 saturated carbocycles. The van der Waals surface area contributed by atoms with Crippen LogP contribution in [-0.2, 0) is 0 Å². The number of nitrogens with zero attached hydrogens (tertiary/aromatic N) is 3. The summed E-state index contributed by atoms with van der Waals surface area (Å²) >= 11 is 0. The second-order valence-corrected chi connectivity index (χ2v) is 4.51. The largest absolute Gasteiger partial charge is 0.293 e. The van der Waals surface area contributed by atoms with Crippen LogP contribution in [-0.4, -0.2) is 10.9 Å². The molecule has 0 fully saturated rings. The molecule has 2 N–H and O–H groups in total. The maximum absolute atomic E-state index is 5.89. The summed E-state index contributed by atoms with van der Waals surface area (Å²) in [6.45, 7) is 2.07. The molecular formula is C15H15N4+. The first-order valence-corrected chi connectivity index (χ1v) is 6.12. The highest BCUT2D eigenvalue weighted by Gasteiger charge is 2.11. The third-order valence-electron chi connectivity index (χ3n) is 3.05. The van der Waals surface area contributed by atoms with E-state index >= 15 is 0 Å². The minimum absolute atomic E-state index is 0.948. The van der Waals surface area contributed by atoms with Crippen LogP contribution in [0.1, 0.15) is 11.1 Å². The lowest BCUT2D eigenvalue weighted by Crippen LogP contribution is -2.42. The summed E-state index contributed by atoms with van der Waals surface area (Å²) in [5.74, 6) is 5.89. The fraction of sp³-hybridized carbons (Fsp3) is 0.0667. The molecule has 0 aliphatic carbocycles. The van der Waals surface area contributed by atoms with Gasteiger partial charge in [-0.3, -0.25) is 5.84 Å². The molecule has 94 valence electrons. The molecule has 19 heavy (non-hydrogen) atoms. The lowest BCUT2D eigenvalue weighted by atomic mass is 10.2. The second kappa shape index (κ2) is 4.57. The number of nitrogens with two attached hydrogens (primary N) is 1. The zero-order valence-corrected chi connectivity index (χ0v) is 10.7. The van der Waals surface area contributed by atoms with Gasteiger partial charge in [-0.25, -0.2) is 0 Å². The molecule has 0 bridgehead atoms. The quantitative estimate of drug-likeness (QED) is 0.421. The van der Waals surface area contributed by atoms with E-state index in [9.17, 15) is 0 Å². The SMILES string of the molecule is Cc1ccc(/C=N/n2c[n+](N)c3ccccc32)cc1. The number of fused-ring (bicyclic) bond motifs is 1. The molecule has 1 aromatic heterocycles. The van der Waals surface area contributed by atoms with Crippen molar-refractivity contribution in [3.63, 3.8) is 0 Å². The second-order valence-electron chi connectivity index (χ2n) is 4.51. The van der Waals surface area contributed by atoms with Gasteiger partial charge in [0.05, 0.1) is 6.21 Å². The van der Waals surface area contributed by atoms with E-state index in [0.717, 1.165) is 16.6 Å². The zero-order valence-electron chi connectivity index (χ0n) is 10.7. The van der Waals surface area contributed by atoms with Crippen LogP contribution in [0.2, 0.25) is 0 Å². The molecule has 0 radical (unpaired) electrons. The molecule has 0 unspecified atom stereocenters. The highest BCUT2D eigenvalue weighted by Crippen LogP contribution is 2.09. The van der Waals surface area contributed by atoms with Gasteiger partial charge in [-0.1, -0.05) is 51.7 Å². The van der Waals surface area contributed by atoms with Crippen molar-refractivity contribution in [1.29, 1.82) is 0 Å². The average Bonchev–Trinajstić information content (AvgIpc) is 2.76. The van der Waals surface area contributed by atoms with Crippen molar-refractivity contribution >= 4 is 17.2 Å². The van der Waals surface area contributed by atoms with Gasteiger partial charge in [0.2, 0.25) is 11.0 Å². The Morgan fingerprint density at radius 2 is 1.84 bits per heavy atom. The standard InChI is InChI=1S/C15H15N4/c1-12-6-8-13(9-7-12)10-17-19-11-18(16)14-4-2-3-5-15(14)19/h2-11H,16H2,1H3/q+1/b17-10+. The van der Waals surface area contributed by atoms with Gasteiger partial charge in [-0.05, 0) is 24.6 Å². The average molecular weight is 251 g/mol. The lowest BCUT2D eigenvalue weighted by molar-refractivity contribution is -0.612. The molecule has 0 saturated heterocycles. The van der Waals surface area contributed by atoms with E-state index in [4.69, 9.17) is 5.84 Å². The van der Waals surface area contributed by atoms with E-state index in [1.54, 1.807) is 15.7 Å². The van der Waals surface area contributed by atoms with E-state index in [2.05, 4.69) is 24.2 Å². The van der Waals surface area contributed by atoms with E-state index in [0.29, 0.717) is 0 Å². The summed E-state index contributed by atoms with van der Waals surface area (Å²) in [6.07, 6.45) is 3.58. The van der Waals surface area contributed by atoms with Crippen LogP contribution < -0.4 is 10.5 Å². The third-order valence-corrected chi connectivity index (χ3v) is 3.05. The molecular weight excluding hydrogens is 236 g/mol. The molecule has 0 amide bonds. The Morgan fingerprint density at radius 1 is 1.11 bits per heavy atom. The van der Waals surface area contributed by atoms with E-state index in [1.807, 2.05) is 42.6 Å². The number of benzene rings is 2. The molecule has 2 aromatic carbocycles. The van der Waals surface area contributed by atoms with Crippen LogP contribution in [0.25, 0.3) is 11.0 Å². The highest BCUT2D eigenvalue weighted by molar-refractivity contribution is 5.80. The topological polar surface area (TPSA) is 47.2 Å². The first kappa shape index (κ1) is 11.5. The molecule has 3 rings (SSSR count). The summed E-state index contributed by atoms with van der Waals surface area (Å²) in [5, 5.41) is 4.45. The van der Waals surface area contributed by atoms with E-state index in [-0.39, 0.29) is 0 Å². The minimum atomic E-state index is 0.948. The van der Waals surface area contributed by atoms with Crippen molar-refractivity contribution in [3.8, 4) is 0 Å². The first-order chi connectivity index (χ1) is 9.24. The maximum Gasteiger partial charge on any atom is 0.293 e. The monoisotopic (exact) mass is 251 g/mol. The number of rotatable bonds is 2. The summed E-state index contributed by atoms with van der Waals surface area (Å²) in [4.78, 5) is 0. The Balaban J connectivity index is 1.99. The van der Waals surface area contributed by atoms with Crippen LogP contribution in [0.5, 0.6) is 0 Å². The number of aryl methyl sites for hydroxylation is 1. The predicted octanol–water partition coefficient (Wildman–Crippen LogP) is 1.83. The van der Waals surface area contributed by atoms with Crippen LogP contribution >= 0.6 is 0 Å². The van der Waals surface area contributed by atoms with Crippen LogP contribution in [0, 0.1) is 6.92 Å². The molecule has 1 heterocycles. The fourth-order valence-corrected chi connectivity index (χ4v) is 1.99. The van der Waals surface area contributed by atoms with Crippen molar-refractivity contribution in [2.24, 2.45) is 5.10 Å². The van der Waals surface area contributed by atoms with Crippen molar-refractivity contribution < 1.29 is 4.68 Å². The summed E-state index contributed by atoms with van der Waals surface area (Å²) < 4.78 is 3.34. The van der Waals surface area contributed by atoms with Crippen molar-refractivity contribution in [2.75, 3.05) is 5.84 Å². The Bertz CT molecular complexity index is 738. The molecule has 0 aliphatic heterocycles. The summed E-state index contributed by atoms with van der Waals surface area (Å²) in [6, 6.07) is 16.1. The van der Waals surface area contributed by atoms with Gasteiger partial charge in [0.15, 0.2) is 0 Å². The number of nitrogen functional groups attached to an aromatic ring is 1. The minimum Gasteiger partial charge on any atom is -0.268 e. The van der Waals surface area contributed by atoms with Crippen molar-refractivity contribution in [1.82, 2.24) is 4.68 Å². The van der Waals surface area contributed by atoms with Gasteiger partial charge in [0.25, 0.3) is 6.33 Å². The summed E-state index contributed by atoms with van der Waals surface area (Å²) in [7, 11) is 0.